The summed E-state index contributed by atoms with van der Waals surface area (Å²) in [6.45, 7) is 4.62. The minimum Gasteiger partial charge on any atom is -0.368 e. The summed E-state index contributed by atoms with van der Waals surface area (Å²) in [5.74, 6) is -1.69. The van der Waals surface area contributed by atoms with E-state index in [4.69, 9.17) is 32.5 Å². The average Bonchev–Trinajstić information content (AvgIpc) is 3.70. The highest BCUT2D eigenvalue weighted by Crippen LogP contribution is 2.63. The first-order valence-electron chi connectivity index (χ1n) is 14.8. The molecule has 232 valence electrons. The number of aromatic nitrogens is 4. The van der Waals surface area contributed by atoms with Gasteiger partial charge in [0.15, 0.2) is 16.8 Å². The smallest absolute Gasteiger partial charge is 0.238 e. The molecule has 3 aliphatic heterocycles. The van der Waals surface area contributed by atoms with E-state index in [-0.39, 0.29) is 51.9 Å². The first-order valence-corrected chi connectivity index (χ1v) is 15.5. The summed E-state index contributed by atoms with van der Waals surface area (Å²) < 4.78 is 26.8. The molecule has 0 aromatic carbocycles. The quantitative estimate of drug-likeness (QED) is 0.347. The second-order valence-corrected chi connectivity index (χ2v) is 13.8. The molecule has 11 nitrogen and oxygen atoms in total. The van der Waals surface area contributed by atoms with Gasteiger partial charge in [0.25, 0.3) is 0 Å². The molecule has 14 heteroatoms. The summed E-state index contributed by atoms with van der Waals surface area (Å²) in [5.41, 5.74) is -1.55. The van der Waals surface area contributed by atoms with Gasteiger partial charge in [-0.05, 0) is 61.6 Å². The third-order valence-electron chi connectivity index (χ3n) is 10.1. The van der Waals surface area contributed by atoms with Crippen molar-refractivity contribution in [2.24, 2.45) is 5.41 Å². The number of nitrogens with one attached hydrogen (secondary N) is 3. The first kappa shape index (κ1) is 29.5. The number of halogens is 3. The van der Waals surface area contributed by atoms with Crippen LogP contribution in [-0.4, -0.2) is 56.2 Å². The normalized spacial score (nSPS) is 30.3. The van der Waals surface area contributed by atoms with Crippen LogP contribution in [0.3, 0.4) is 0 Å². The fraction of sp³-hybridized carbons (Fsp3) is 0.533. The maximum atomic E-state index is 16.0. The molecule has 0 bridgehead atoms. The lowest BCUT2D eigenvalue weighted by atomic mass is 9.53. The zero-order chi connectivity index (χ0) is 30.9. The molecule has 3 N–H and O–H groups in total. The number of hydrogen-bond acceptors (Lipinski definition) is 9. The molecule has 0 radical (unpaired) electrons. The van der Waals surface area contributed by atoms with E-state index >= 15 is 4.39 Å². The Morgan fingerprint density at radius 2 is 1.91 bits per heavy atom. The van der Waals surface area contributed by atoms with Crippen LogP contribution in [0.5, 0.6) is 0 Å². The molecule has 2 amide bonds. The van der Waals surface area contributed by atoms with Crippen molar-refractivity contribution >= 4 is 40.8 Å². The van der Waals surface area contributed by atoms with Crippen molar-refractivity contribution in [3.8, 4) is 0 Å². The van der Waals surface area contributed by atoms with E-state index in [0.717, 1.165) is 12.8 Å². The molecule has 3 aromatic heterocycles. The molecule has 0 unspecified atom stereocenters. The van der Waals surface area contributed by atoms with E-state index < -0.39 is 28.7 Å². The molecular formula is C30H32Cl2FN7O4. The van der Waals surface area contributed by atoms with Crippen LogP contribution in [0.25, 0.3) is 0 Å². The number of carbonyl (C=O) groups excluding carboxylic acids is 2. The topological polar surface area (TPSA) is 144 Å². The highest BCUT2D eigenvalue weighted by Gasteiger charge is 2.73. The van der Waals surface area contributed by atoms with Gasteiger partial charge in [0.1, 0.15) is 22.5 Å². The van der Waals surface area contributed by atoms with Crippen LogP contribution >= 0.6 is 23.2 Å². The second-order valence-electron chi connectivity index (χ2n) is 13.0. The number of amides is 2. The van der Waals surface area contributed by atoms with E-state index in [1.54, 1.807) is 12.1 Å². The molecular weight excluding hydrogens is 612 g/mol. The van der Waals surface area contributed by atoms with Crippen molar-refractivity contribution in [3.63, 3.8) is 0 Å². The van der Waals surface area contributed by atoms with Crippen LogP contribution in [0, 0.1) is 11.2 Å². The molecule has 3 fully saturated rings. The Balaban J connectivity index is 1.31. The van der Waals surface area contributed by atoms with Crippen molar-refractivity contribution in [2.45, 2.75) is 87.4 Å². The zero-order valence-electron chi connectivity index (χ0n) is 24.2. The number of hydrogen-bond donors (Lipinski definition) is 3. The van der Waals surface area contributed by atoms with Crippen LogP contribution < -0.4 is 16.0 Å². The van der Waals surface area contributed by atoms with Gasteiger partial charge in [0, 0.05) is 23.2 Å². The van der Waals surface area contributed by atoms with Gasteiger partial charge in [-0.3, -0.25) is 14.9 Å². The van der Waals surface area contributed by atoms with Gasteiger partial charge in [-0.1, -0.05) is 48.3 Å². The van der Waals surface area contributed by atoms with Crippen LogP contribution in [0.15, 0.2) is 35.3 Å². The fourth-order valence-electron chi connectivity index (χ4n) is 7.88. The number of nitrogens with zero attached hydrogens (tertiary/aromatic N) is 4. The van der Waals surface area contributed by atoms with Crippen molar-refractivity contribution in [1.29, 1.82) is 0 Å². The van der Waals surface area contributed by atoms with Crippen molar-refractivity contribution in [3.05, 3.63) is 63.9 Å². The van der Waals surface area contributed by atoms with E-state index in [2.05, 4.69) is 49.9 Å². The maximum absolute atomic E-state index is 16.0. The Labute approximate surface area is 263 Å². The van der Waals surface area contributed by atoms with Gasteiger partial charge < -0.3 is 19.9 Å². The Hall–Kier alpha value is -3.19. The van der Waals surface area contributed by atoms with Crippen molar-refractivity contribution < 1.29 is 23.2 Å². The molecule has 5 atom stereocenters. The van der Waals surface area contributed by atoms with Gasteiger partial charge in [0.05, 0.1) is 18.7 Å². The average molecular weight is 645 g/mol. The number of fused-ring (bicyclic) bond motifs is 3. The predicted molar refractivity (Wildman–Crippen MR) is 158 cm³/mol. The third kappa shape index (κ3) is 4.52. The van der Waals surface area contributed by atoms with Gasteiger partial charge >= 0.3 is 0 Å². The largest absolute Gasteiger partial charge is 0.368 e. The monoisotopic (exact) mass is 643 g/mol. The number of rotatable bonds is 4. The van der Waals surface area contributed by atoms with E-state index in [0.29, 0.717) is 42.9 Å². The van der Waals surface area contributed by atoms with E-state index in [1.165, 1.54) is 18.7 Å². The zero-order valence-corrected chi connectivity index (χ0v) is 25.7. The fourth-order valence-corrected chi connectivity index (χ4v) is 8.19. The van der Waals surface area contributed by atoms with Crippen LogP contribution in [0.1, 0.15) is 81.3 Å². The van der Waals surface area contributed by atoms with Crippen molar-refractivity contribution in [2.75, 3.05) is 11.9 Å². The maximum Gasteiger partial charge on any atom is 0.238 e. The highest BCUT2D eigenvalue weighted by atomic mass is 35.5. The van der Waals surface area contributed by atoms with Crippen molar-refractivity contribution in [1.82, 2.24) is 30.7 Å². The van der Waals surface area contributed by atoms with Gasteiger partial charge in [-0.15, -0.1) is 0 Å². The Kier molecular flexibility index (Phi) is 7.19. The Bertz CT molecular complexity index is 1600. The minimum absolute atomic E-state index is 0.0278. The number of ether oxygens (including phenoxy) is 1. The summed E-state index contributed by atoms with van der Waals surface area (Å²) in [7, 11) is 0. The van der Waals surface area contributed by atoms with Gasteiger partial charge in [-0.2, -0.15) is 4.98 Å². The van der Waals surface area contributed by atoms with Crippen LogP contribution in [-0.2, 0) is 19.7 Å². The third-order valence-corrected chi connectivity index (χ3v) is 10.6. The van der Waals surface area contributed by atoms with Crippen LogP contribution in [0.4, 0.5) is 10.2 Å². The molecule has 6 heterocycles. The summed E-state index contributed by atoms with van der Waals surface area (Å²) in [6, 6.07) is 3.60. The lowest BCUT2D eigenvalue weighted by Gasteiger charge is -2.50. The summed E-state index contributed by atoms with van der Waals surface area (Å²) >= 11 is 12.5. The number of pyridine rings is 2. The summed E-state index contributed by atoms with van der Waals surface area (Å²) in [6.07, 6.45) is 6.24. The van der Waals surface area contributed by atoms with Gasteiger partial charge in [-0.25, -0.2) is 14.4 Å². The first-order chi connectivity index (χ1) is 21.0. The van der Waals surface area contributed by atoms with E-state index in [9.17, 15) is 9.59 Å². The standard InChI is InChI=1S/C30H32Cl2FN7O4/c1-28(2)8-10-29(11-9-28)30(17-4-6-19(31)37-24(17)38-27(30)42)20(16-7-12-34-23(32)21(16)33)22(39-29)26(41)36-15-3-5-18(43-13-15)25-35-14-44-40-25/h4,6-7,12,14-15,18,20,22,39H,3,5,8-11,13H2,1-2H3,(H,36,41)(H,37,38,42)/t15-,18+,20+,22-,30-/m1/s1. The Morgan fingerprint density at radius 1 is 1.11 bits per heavy atom. The lowest BCUT2D eigenvalue weighted by Crippen LogP contribution is -2.61. The minimum atomic E-state index is -1.39. The molecule has 1 saturated carbocycles. The molecule has 2 spiro atoms. The molecule has 3 aromatic rings. The van der Waals surface area contributed by atoms with Crippen LogP contribution in [0.2, 0.25) is 10.3 Å². The van der Waals surface area contributed by atoms with Gasteiger partial charge in [0.2, 0.25) is 18.2 Å². The SMILES string of the molecule is CC1(C)CCC2(CC1)N[C@@H](C(=O)N[C@@H]1CC[C@@H](c3ncon3)OC1)[C@H](c1ccnc(Cl)c1F)[C@]21C(=O)Nc2nc(Cl)ccc21. The second kappa shape index (κ2) is 10.7. The summed E-state index contributed by atoms with van der Waals surface area (Å²) in [5, 5.41) is 13.5. The predicted octanol–water partition coefficient (Wildman–Crippen LogP) is 4.63. The summed E-state index contributed by atoms with van der Waals surface area (Å²) in [4.78, 5) is 41.3. The highest BCUT2D eigenvalue weighted by molar-refractivity contribution is 6.30. The molecule has 44 heavy (non-hydrogen) atoms. The lowest BCUT2D eigenvalue weighted by molar-refractivity contribution is -0.126. The van der Waals surface area contributed by atoms with E-state index in [1.807, 2.05) is 0 Å². The molecule has 2 saturated heterocycles. The Morgan fingerprint density at radius 3 is 2.61 bits per heavy atom. The number of anilines is 1. The molecule has 1 aliphatic carbocycles. The number of carbonyl (C=O) groups is 2. The molecule has 4 aliphatic rings. The molecule has 7 rings (SSSR count).